The van der Waals surface area contributed by atoms with Crippen LogP contribution in [0.15, 0.2) is 40.0 Å². The van der Waals surface area contributed by atoms with Gasteiger partial charge in [0.05, 0.1) is 16.5 Å². The molecule has 3 aromatic rings. The van der Waals surface area contributed by atoms with E-state index in [2.05, 4.69) is 31.4 Å². The molecule has 3 rings (SSSR count). The number of ether oxygens (including phenoxy) is 1. The molecule has 0 fully saturated rings. The van der Waals surface area contributed by atoms with E-state index in [1.54, 1.807) is 12.1 Å². The van der Waals surface area contributed by atoms with Gasteiger partial charge in [0, 0.05) is 16.5 Å². The van der Waals surface area contributed by atoms with Crippen LogP contribution in [0.1, 0.15) is 30.0 Å². The summed E-state index contributed by atoms with van der Waals surface area (Å²) in [6.45, 7) is 5.78. The fourth-order valence-electron chi connectivity index (χ4n) is 2.94. The Morgan fingerprint density at radius 3 is 2.55 bits per heavy atom. The van der Waals surface area contributed by atoms with Crippen LogP contribution in [0.3, 0.4) is 0 Å². The van der Waals surface area contributed by atoms with E-state index >= 15 is 0 Å². The minimum Gasteiger partial charge on any atom is -0.483 e. The number of nitrogens with one attached hydrogen (secondary N) is 1. The number of carbonyl (C=O) groups is 1. The molecule has 0 spiro atoms. The normalized spacial score (nSPS) is 12.0. The number of anilines is 1. The van der Waals surface area contributed by atoms with E-state index in [4.69, 9.17) is 27.9 Å². The molecular formula is C21H21BrCl2N4O2S. The smallest absolute Gasteiger partial charge is 0.234 e. The lowest BCUT2D eigenvalue weighted by Crippen LogP contribution is -2.15. The summed E-state index contributed by atoms with van der Waals surface area (Å²) in [5, 5.41) is 13.1. The zero-order valence-corrected chi connectivity index (χ0v) is 21.3. The van der Waals surface area contributed by atoms with Gasteiger partial charge in [-0.15, -0.1) is 10.2 Å². The van der Waals surface area contributed by atoms with Gasteiger partial charge in [0.15, 0.2) is 17.1 Å². The molecule has 0 radical (unpaired) electrons. The number of aromatic nitrogens is 3. The molecular weight excluding hydrogens is 523 g/mol. The first-order valence-corrected chi connectivity index (χ1v) is 11.9. The van der Waals surface area contributed by atoms with Crippen molar-refractivity contribution in [3.8, 4) is 5.75 Å². The fourth-order valence-corrected chi connectivity index (χ4v) is 4.49. The monoisotopic (exact) mass is 542 g/mol. The van der Waals surface area contributed by atoms with Crippen LogP contribution in [0.2, 0.25) is 10.0 Å². The fraction of sp³-hybridized carbons (Fsp3) is 0.286. The highest BCUT2D eigenvalue weighted by atomic mass is 79.9. The van der Waals surface area contributed by atoms with Crippen molar-refractivity contribution in [3.05, 3.63) is 61.8 Å². The van der Waals surface area contributed by atoms with Crippen molar-refractivity contribution in [2.45, 2.75) is 32.0 Å². The van der Waals surface area contributed by atoms with Gasteiger partial charge in [-0.2, -0.15) is 0 Å². The maximum atomic E-state index is 12.3. The summed E-state index contributed by atoms with van der Waals surface area (Å²) in [5.74, 6) is 1.36. The largest absolute Gasteiger partial charge is 0.483 e. The Labute approximate surface area is 203 Å². The van der Waals surface area contributed by atoms with Crippen molar-refractivity contribution in [2.24, 2.45) is 7.05 Å². The zero-order valence-electron chi connectivity index (χ0n) is 17.4. The van der Waals surface area contributed by atoms with Gasteiger partial charge in [-0.1, -0.05) is 50.9 Å². The molecule has 1 N–H and O–H groups in total. The molecule has 164 valence electrons. The Morgan fingerprint density at radius 2 is 1.90 bits per heavy atom. The van der Waals surface area contributed by atoms with Crippen LogP contribution in [0.4, 0.5) is 5.69 Å². The molecule has 0 saturated heterocycles. The van der Waals surface area contributed by atoms with Gasteiger partial charge in [0.1, 0.15) is 5.75 Å². The first-order chi connectivity index (χ1) is 14.7. The Morgan fingerprint density at radius 1 is 1.23 bits per heavy atom. The lowest BCUT2D eigenvalue weighted by atomic mass is 10.1. The molecule has 31 heavy (non-hydrogen) atoms. The van der Waals surface area contributed by atoms with E-state index in [0.29, 0.717) is 21.7 Å². The molecule has 0 saturated carbocycles. The molecule has 1 heterocycles. The number of benzene rings is 2. The summed E-state index contributed by atoms with van der Waals surface area (Å²) in [4.78, 5) is 12.3. The second-order valence-corrected chi connectivity index (χ2v) is 9.64. The third-order valence-corrected chi connectivity index (χ3v) is 6.91. The predicted molar refractivity (Wildman–Crippen MR) is 129 cm³/mol. The summed E-state index contributed by atoms with van der Waals surface area (Å²) in [5.41, 5.74) is 2.47. The molecule has 0 aliphatic carbocycles. The van der Waals surface area contributed by atoms with Gasteiger partial charge < -0.3 is 14.6 Å². The summed E-state index contributed by atoms with van der Waals surface area (Å²) >= 11 is 17.0. The van der Waals surface area contributed by atoms with Gasteiger partial charge in [-0.3, -0.25) is 4.79 Å². The number of thioether (sulfide) groups is 1. The first kappa shape index (κ1) is 23.9. The molecule has 6 nitrogen and oxygen atoms in total. The molecule has 1 atom stereocenters. The molecule has 0 aliphatic rings. The second-order valence-electron chi connectivity index (χ2n) is 6.99. The van der Waals surface area contributed by atoms with Crippen molar-refractivity contribution < 1.29 is 9.53 Å². The Kier molecular flexibility index (Phi) is 7.91. The van der Waals surface area contributed by atoms with E-state index in [1.807, 2.05) is 50.6 Å². The van der Waals surface area contributed by atoms with E-state index in [9.17, 15) is 4.79 Å². The van der Waals surface area contributed by atoms with Gasteiger partial charge in [0.2, 0.25) is 5.91 Å². The maximum absolute atomic E-state index is 12.3. The molecule has 1 aromatic heterocycles. The highest BCUT2D eigenvalue weighted by Crippen LogP contribution is 2.30. The number of rotatable bonds is 7. The van der Waals surface area contributed by atoms with Crippen LogP contribution in [-0.2, 0) is 11.8 Å². The maximum Gasteiger partial charge on any atom is 0.234 e. The average molecular weight is 544 g/mol. The molecule has 0 bridgehead atoms. The molecule has 1 amide bonds. The van der Waals surface area contributed by atoms with Crippen LogP contribution in [0.25, 0.3) is 0 Å². The van der Waals surface area contributed by atoms with Crippen LogP contribution in [0.5, 0.6) is 5.75 Å². The lowest BCUT2D eigenvalue weighted by Gasteiger charge is -2.16. The predicted octanol–water partition coefficient (Wildman–Crippen LogP) is 6.37. The second kappa shape index (κ2) is 10.3. The highest BCUT2D eigenvalue weighted by Gasteiger charge is 2.19. The van der Waals surface area contributed by atoms with Gasteiger partial charge >= 0.3 is 0 Å². The topological polar surface area (TPSA) is 69.0 Å². The number of carbonyl (C=O) groups excluding carboxylic acids is 1. The Bertz CT molecular complexity index is 1100. The van der Waals surface area contributed by atoms with E-state index in [1.165, 1.54) is 11.8 Å². The standard InChI is InChI=1S/C21H21BrCl2N4O2S/c1-11-7-15(8-12(2)19(11)24)30-13(3)20-26-27-21(28(20)4)31-10-18(29)25-17-6-5-14(22)9-16(17)23/h5-9,13H,10H2,1-4H3,(H,25,29). The lowest BCUT2D eigenvalue weighted by molar-refractivity contribution is -0.113. The number of hydrogen-bond donors (Lipinski definition) is 1. The minimum absolute atomic E-state index is 0.170. The molecule has 1 unspecified atom stereocenters. The van der Waals surface area contributed by atoms with Crippen molar-refractivity contribution in [3.63, 3.8) is 0 Å². The summed E-state index contributed by atoms with van der Waals surface area (Å²) in [6, 6.07) is 9.08. The number of nitrogens with zero attached hydrogens (tertiary/aromatic N) is 3. The number of halogens is 3. The third kappa shape index (κ3) is 5.94. The average Bonchev–Trinajstić information content (AvgIpc) is 3.07. The van der Waals surface area contributed by atoms with Gasteiger partial charge in [0.25, 0.3) is 0 Å². The Hall–Kier alpha value is -1.74. The molecule has 0 aliphatic heterocycles. The van der Waals surface area contributed by atoms with Crippen LogP contribution in [-0.4, -0.2) is 26.4 Å². The van der Waals surface area contributed by atoms with Crippen molar-refractivity contribution >= 4 is 62.5 Å². The quantitative estimate of drug-likeness (QED) is 0.350. The van der Waals surface area contributed by atoms with Crippen LogP contribution in [0, 0.1) is 13.8 Å². The Balaban J connectivity index is 1.62. The van der Waals surface area contributed by atoms with Crippen LogP contribution < -0.4 is 10.1 Å². The van der Waals surface area contributed by atoms with Gasteiger partial charge in [-0.05, 0) is 62.2 Å². The summed E-state index contributed by atoms with van der Waals surface area (Å²) < 4.78 is 8.72. The van der Waals surface area contributed by atoms with Crippen LogP contribution >= 0.6 is 50.9 Å². The minimum atomic E-state index is -0.331. The summed E-state index contributed by atoms with van der Waals surface area (Å²) in [6.07, 6.45) is -0.331. The van der Waals surface area contributed by atoms with E-state index in [0.717, 1.165) is 26.4 Å². The third-order valence-electron chi connectivity index (χ3n) is 4.49. The first-order valence-electron chi connectivity index (χ1n) is 9.36. The highest BCUT2D eigenvalue weighted by molar-refractivity contribution is 9.10. The summed E-state index contributed by atoms with van der Waals surface area (Å²) in [7, 11) is 1.85. The van der Waals surface area contributed by atoms with Gasteiger partial charge in [-0.25, -0.2) is 0 Å². The van der Waals surface area contributed by atoms with E-state index < -0.39 is 0 Å². The SMILES string of the molecule is Cc1cc(OC(C)c2nnc(SCC(=O)Nc3ccc(Br)cc3Cl)n2C)cc(C)c1Cl. The zero-order chi connectivity index (χ0) is 22.7. The van der Waals surface area contributed by atoms with E-state index in [-0.39, 0.29) is 17.8 Å². The molecule has 2 aromatic carbocycles. The number of hydrogen-bond acceptors (Lipinski definition) is 5. The van der Waals surface area contributed by atoms with Crippen molar-refractivity contribution in [1.29, 1.82) is 0 Å². The number of aryl methyl sites for hydroxylation is 2. The molecule has 10 heteroatoms. The van der Waals surface area contributed by atoms with Crippen molar-refractivity contribution in [1.82, 2.24) is 14.8 Å². The van der Waals surface area contributed by atoms with Crippen molar-refractivity contribution in [2.75, 3.05) is 11.1 Å². The number of amides is 1.